The van der Waals surface area contributed by atoms with Gasteiger partial charge in [0.05, 0.1) is 11.7 Å². The van der Waals surface area contributed by atoms with Crippen LogP contribution in [0.3, 0.4) is 0 Å². The summed E-state index contributed by atoms with van der Waals surface area (Å²) in [5, 5.41) is 12.6. The van der Waals surface area contributed by atoms with Crippen LogP contribution in [0.2, 0.25) is 0 Å². The van der Waals surface area contributed by atoms with E-state index in [9.17, 15) is 9.90 Å². The summed E-state index contributed by atoms with van der Waals surface area (Å²) in [4.78, 5) is 15.8. The van der Waals surface area contributed by atoms with Crippen LogP contribution in [0.5, 0.6) is 0 Å². The number of nitrogens with one attached hydrogen (secondary N) is 1. The van der Waals surface area contributed by atoms with E-state index in [0.717, 1.165) is 12.1 Å². The molecule has 1 aliphatic rings. The monoisotopic (exact) mass is 292 g/mol. The minimum Gasteiger partial charge on any atom is -0.478 e. The van der Waals surface area contributed by atoms with E-state index in [1.807, 2.05) is 13.8 Å². The third-order valence-electron chi connectivity index (χ3n) is 4.47. The molecule has 2 N–H and O–H groups in total. The highest BCUT2D eigenvalue weighted by Crippen LogP contribution is 2.43. The Kier molecular flexibility index (Phi) is 4.23. The first-order valence-electron chi connectivity index (χ1n) is 7.30. The lowest BCUT2D eigenvalue weighted by atomic mass is 9.64. The van der Waals surface area contributed by atoms with E-state index >= 15 is 0 Å². The molecule has 1 saturated carbocycles. The van der Waals surface area contributed by atoms with Gasteiger partial charge in [0, 0.05) is 24.3 Å². The summed E-state index contributed by atoms with van der Waals surface area (Å²) in [6.45, 7) is 8.30. The number of hydrogen-bond donors (Lipinski definition) is 2. The van der Waals surface area contributed by atoms with Gasteiger partial charge in [0.25, 0.3) is 0 Å². The second kappa shape index (κ2) is 5.64. The molecule has 0 radical (unpaired) electrons. The van der Waals surface area contributed by atoms with Gasteiger partial charge in [-0.05, 0) is 24.5 Å². The predicted octanol–water partition coefficient (Wildman–Crippen LogP) is 3.13. The summed E-state index contributed by atoms with van der Waals surface area (Å²) in [6, 6.07) is 3.48. The fourth-order valence-electron chi connectivity index (χ4n) is 2.75. The van der Waals surface area contributed by atoms with E-state index in [1.54, 1.807) is 19.2 Å². The Hall–Kier alpha value is -1.62. The van der Waals surface area contributed by atoms with Crippen LogP contribution in [0.4, 0.5) is 5.82 Å². The zero-order valence-corrected chi connectivity index (χ0v) is 13.3. The van der Waals surface area contributed by atoms with Gasteiger partial charge in [0.2, 0.25) is 0 Å². The maximum absolute atomic E-state index is 11.2. The highest BCUT2D eigenvalue weighted by molar-refractivity contribution is 5.88. The number of pyridine rings is 1. The zero-order chi connectivity index (χ0) is 15.8. The molecular weight excluding hydrogens is 268 g/mol. The van der Waals surface area contributed by atoms with E-state index in [1.165, 1.54) is 0 Å². The maximum atomic E-state index is 11.2. The van der Waals surface area contributed by atoms with Gasteiger partial charge in [-0.1, -0.05) is 27.7 Å². The number of carboxylic acid groups (broad SMARTS) is 1. The first kappa shape index (κ1) is 15.8. The molecule has 1 heterocycles. The van der Waals surface area contributed by atoms with Gasteiger partial charge in [-0.2, -0.15) is 0 Å². The van der Waals surface area contributed by atoms with Crippen LogP contribution in [0, 0.1) is 5.41 Å². The van der Waals surface area contributed by atoms with Crippen molar-refractivity contribution in [3.8, 4) is 0 Å². The molecule has 0 amide bonds. The number of rotatable bonds is 5. The van der Waals surface area contributed by atoms with Gasteiger partial charge < -0.3 is 15.2 Å². The molecule has 1 aromatic heterocycles. The lowest BCUT2D eigenvalue weighted by Gasteiger charge is -2.51. The second-order valence-electron chi connectivity index (χ2n) is 6.60. The molecule has 1 aliphatic carbocycles. The van der Waals surface area contributed by atoms with E-state index in [2.05, 4.69) is 24.1 Å². The van der Waals surface area contributed by atoms with E-state index in [4.69, 9.17) is 4.74 Å². The Morgan fingerprint density at radius 2 is 2.14 bits per heavy atom. The molecule has 2 atom stereocenters. The van der Waals surface area contributed by atoms with E-state index < -0.39 is 5.97 Å². The molecule has 0 bridgehead atoms. The number of aromatic carboxylic acids is 1. The van der Waals surface area contributed by atoms with Gasteiger partial charge >= 0.3 is 5.97 Å². The summed E-state index contributed by atoms with van der Waals surface area (Å²) in [7, 11) is 1.73. The van der Waals surface area contributed by atoms with Crippen LogP contribution >= 0.6 is 0 Å². The number of hydrogen-bond acceptors (Lipinski definition) is 4. The summed E-state index contributed by atoms with van der Waals surface area (Å²) in [5.41, 5.74) is 1.07. The predicted molar refractivity (Wildman–Crippen MR) is 81.9 cm³/mol. The number of nitrogens with zero attached hydrogens (tertiary/aromatic N) is 1. The number of ether oxygens (including phenoxy) is 1. The van der Waals surface area contributed by atoms with Crippen molar-refractivity contribution in [3.05, 3.63) is 23.4 Å². The molecule has 0 aliphatic heterocycles. The topological polar surface area (TPSA) is 71.5 Å². The van der Waals surface area contributed by atoms with Gasteiger partial charge in [0.1, 0.15) is 5.82 Å². The highest BCUT2D eigenvalue weighted by Gasteiger charge is 2.48. The summed E-state index contributed by atoms with van der Waals surface area (Å²) >= 11 is 0. The summed E-state index contributed by atoms with van der Waals surface area (Å²) < 4.78 is 5.44. The third kappa shape index (κ3) is 3.02. The van der Waals surface area contributed by atoms with Crippen LogP contribution in [-0.2, 0) is 4.74 Å². The van der Waals surface area contributed by atoms with E-state index in [0.29, 0.717) is 5.82 Å². The molecule has 116 valence electrons. The van der Waals surface area contributed by atoms with Crippen LogP contribution in [0.1, 0.15) is 56.1 Å². The van der Waals surface area contributed by atoms with Crippen molar-refractivity contribution in [1.29, 1.82) is 0 Å². The largest absolute Gasteiger partial charge is 0.478 e. The number of anilines is 1. The van der Waals surface area contributed by atoms with Crippen molar-refractivity contribution in [2.75, 3.05) is 12.4 Å². The molecule has 5 heteroatoms. The average Bonchev–Trinajstić information content (AvgIpc) is 2.42. The lowest BCUT2D eigenvalue weighted by Crippen LogP contribution is -2.57. The molecule has 2 unspecified atom stereocenters. The fraction of sp³-hybridized carbons (Fsp3) is 0.625. The maximum Gasteiger partial charge on any atom is 0.335 e. The van der Waals surface area contributed by atoms with Crippen molar-refractivity contribution in [1.82, 2.24) is 4.98 Å². The Balaban J connectivity index is 2.22. The van der Waals surface area contributed by atoms with Crippen molar-refractivity contribution in [2.45, 2.75) is 52.2 Å². The molecule has 0 saturated heterocycles. The van der Waals surface area contributed by atoms with Crippen molar-refractivity contribution in [2.24, 2.45) is 5.41 Å². The Bertz CT molecular complexity index is 540. The van der Waals surface area contributed by atoms with Gasteiger partial charge in [-0.25, -0.2) is 9.78 Å². The molecule has 21 heavy (non-hydrogen) atoms. The first-order valence-corrected chi connectivity index (χ1v) is 7.30. The molecule has 5 nitrogen and oxygen atoms in total. The second-order valence-corrected chi connectivity index (χ2v) is 6.60. The SMILES string of the molecule is COC1CC(Nc2cc(C(=O)O)cc(C(C)C)n2)C1(C)C. The lowest BCUT2D eigenvalue weighted by molar-refractivity contribution is -0.0795. The van der Waals surface area contributed by atoms with Gasteiger partial charge in [-0.15, -0.1) is 0 Å². The number of aromatic nitrogens is 1. The van der Waals surface area contributed by atoms with Crippen LogP contribution < -0.4 is 5.32 Å². The van der Waals surface area contributed by atoms with Gasteiger partial charge in [0.15, 0.2) is 0 Å². The molecule has 1 fully saturated rings. The zero-order valence-electron chi connectivity index (χ0n) is 13.3. The van der Waals surface area contributed by atoms with Crippen molar-refractivity contribution >= 4 is 11.8 Å². The van der Waals surface area contributed by atoms with E-state index in [-0.39, 0.29) is 29.0 Å². The highest BCUT2D eigenvalue weighted by atomic mass is 16.5. The Labute approximate surface area is 125 Å². The minimum absolute atomic E-state index is 0.00759. The van der Waals surface area contributed by atoms with Crippen molar-refractivity contribution < 1.29 is 14.6 Å². The smallest absolute Gasteiger partial charge is 0.335 e. The number of carbonyl (C=O) groups is 1. The van der Waals surface area contributed by atoms with Gasteiger partial charge in [-0.3, -0.25) is 0 Å². The molecular formula is C16H24N2O3. The van der Waals surface area contributed by atoms with Crippen LogP contribution in [-0.4, -0.2) is 35.3 Å². The summed E-state index contributed by atoms with van der Waals surface area (Å²) in [6.07, 6.45) is 1.13. The standard InChI is InChI=1S/C16H24N2O3/c1-9(2)11-6-10(15(19)20)7-14(17-11)18-12-8-13(21-5)16(12,3)4/h6-7,9,12-13H,8H2,1-5H3,(H,17,18)(H,19,20). The molecule has 0 aromatic carbocycles. The van der Waals surface area contributed by atoms with Crippen molar-refractivity contribution in [3.63, 3.8) is 0 Å². The minimum atomic E-state index is -0.926. The number of methoxy groups -OCH3 is 1. The molecule has 1 aromatic rings. The Morgan fingerprint density at radius 1 is 1.48 bits per heavy atom. The summed E-state index contributed by atoms with van der Waals surface area (Å²) in [5.74, 6) is -0.109. The normalized spacial score (nSPS) is 23.7. The average molecular weight is 292 g/mol. The van der Waals surface area contributed by atoms with Crippen LogP contribution in [0.15, 0.2) is 12.1 Å². The van der Waals surface area contributed by atoms with Crippen LogP contribution in [0.25, 0.3) is 0 Å². The Morgan fingerprint density at radius 3 is 2.62 bits per heavy atom. The molecule has 2 rings (SSSR count). The molecule has 0 spiro atoms. The first-order chi connectivity index (χ1) is 9.75. The third-order valence-corrected chi connectivity index (χ3v) is 4.47. The quantitative estimate of drug-likeness (QED) is 0.872. The fourth-order valence-corrected chi connectivity index (χ4v) is 2.75. The number of carboxylic acids is 1.